The molecule has 13 heavy (non-hydrogen) atoms. The van der Waals surface area contributed by atoms with Gasteiger partial charge in [0.1, 0.15) is 0 Å². The number of hydrogen-bond acceptors (Lipinski definition) is 3. The largest absolute Gasteiger partial charge is 0.380 e. The maximum Gasteiger partial charge on any atom is 0.0593 e. The van der Waals surface area contributed by atoms with Gasteiger partial charge in [0.2, 0.25) is 0 Å². The predicted molar refractivity (Wildman–Crippen MR) is 52.8 cm³/mol. The van der Waals surface area contributed by atoms with Crippen LogP contribution in [0.15, 0.2) is 0 Å². The van der Waals surface area contributed by atoms with E-state index in [4.69, 9.17) is 4.74 Å². The van der Waals surface area contributed by atoms with Gasteiger partial charge in [0, 0.05) is 26.2 Å². The van der Waals surface area contributed by atoms with E-state index in [1.54, 1.807) is 0 Å². The zero-order chi connectivity index (χ0) is 9.10. The molecule has 2 aliphatic rings. The van der Waals surface area contributed by atoms with Crippen LogP contribution < -0.4 is 5.32 Å². The third kappa shape index (κ3) is 2.22. The van der Waals surface area contributed by atoms with E-state index in [2.05, 4.69) is 17.1 Å². The molecule has 2 fully saturated rings. The highest BCUT2D eigenvalue weighted by atomic mass is 16.5. The van der Waals surface area contributed by atoms with Crippen molar-refractivity contribution in [2.45, 2.75) is 6.92 Å². The molecule has 1 N–H and O–H groups in total. The first kappa shape index (κ1) is 9.44. The van der Waals surface area contributed by atoms with Crippen molar-refractivity contribution in [3.05, 3.63) is 0 Å². The summed E-state index contributed by atoms with van der Waals surface area (Å²) in [6.45, 7) is 9.97. The van der Waals surface area contributed by atoms with Crippen LogP contribution in [0.4, 0.5) is 0 Å². The Kier molecular flexibility index (Phi) is 3.19. The first-order valence-electron chi connectivity index (χ1n) is 5.41. The predicted octanol–water partition coefficient (Wildman–Crippen LogP) is 0.174. The molecule has 0 aliphatic carbocycles. The smallest absolute Gasteiger partial charge is 0.0593 e. The summed E-state index contributed by atoms with van der Waals surface area (Å²) in [6.07, 6.45) is 0. The van der Waals surface area contributed by atoms with E-state index in [9.17, 15) is 0 Å². The van der Waals surface area contributed by atoms with Crippen molar-refractivity contribution in [3.8, 4) is 0 Å². The third-order valence-corrected chi connectivity index (χ3v) is 3.22. The molecule has 0 radical (unpaired) electrons. The Morgan fingerprint density at radius 2 is 2.00 bits per heavy atom. The summed E-state index contributed by atoms with van der Waals surface area (Å²) in [5.41, 5.74) is 0. The molecular weight excluding hydrogens is 164 g/mol. The van der Waals surface area contributed by atoms with Crippen molar-refractivity contribution in [1.29, 1.82) is 0 Å². The fourth-order valence-corrected chi connectivity index (χ4v) is 2.47. The zero-order valence-electron chi connectivity index (χ0n) is 8.46. The van der Waals surface area contributed by atoms with Gasteiger partial charge >= 0.3 is 0 Å². The molecule has 3 heteroatoms. The van der Waals surface area contributed by atoms with E-state index >= 15 is 0 Å². The quantitative estimate of drug-likeness (QED) is 0.631. The number of fused-ring (bicyclic) bond motifs is 1. The van der Waals surface area contributed by atoms with Crippen molar-refractivity contribution in [1.82, 2.24) is 10.2 Å². The topological polar surface area (TPSA) is 24.5 Å². The molecule has 2 aliphatic heterocycles. The van der Waals surface area contributed by atoms with Crippen molar-refractivity contribution in [2.75, 3.05) is 45.9 Å². The minimum atomic E-state index is 0.849. The molecular formula is C10H20N2O. The number of nitrogens with one attached hydrogen (secondary N) is 1. The Morgan fingerprint density at radius 1 is 1.31 bits per heavy atom. The van der Waals surface area contributed by atoms with Crippen molar-refractivity contribution in [2.24, 2.45) is 11.8 Å². The van der Waals surface area contributed by atoms with Crippen LogP contribution in [-0.2, 0) is 4.74 Å². The average Bonchev–Trinajstić information content (AvgIpc) is 2.64. The van der Waals surface area contributed by atoms with Gasteiger partial charge in [-0.05, 0) is 31.8 Å². The van der Waals surface area contributed by atoms with Gasteiger partial charge in [-0.3, -0.25) is 0 Å². The average molecular weight is 184 g/mol. The summed E-state index contributed by atoms with van der Waals surface area (Å²) in [4.78, 5) is 2.55. The molecule has 0 amide bonds. The Labute approximate surface area is 80.4 Å². The van der Waals surface area contributed by atoms with E-state index in [-0.39, 0.29) is 0 Å². The first-order chi connectivity index (χ1) is 6.40. The molecule has 3 nitrogen and oxygen atoms in total. The summed E-state index contributed by atoms with van der Waals surface area (Å²) >= 11 is 0. The highest BCUT2D eigenvalue weighted by Gasteiger charge is 2.35. The Balaban J connectivity index is 1.67. The number of rotatable bonds is 4. The van der Waals surface area contributed by atoms with Crippen LogP contribution in [0.3, 0.4) is 0 Å². The Bertz CT molecular complexity index is 151. The number of hydrogen-bond donors (Lipinski definition) is 1. The maximum absolute atomic E-state index is 5.36. The SMILES string of the molecule is CCOCCN1C[C@H]2CNC[C@H]2C1. The standard InChI is InChI=1S/C10H20N2O/c1-2-13-4-3-12-7-9-5-11-6-10(9)8-12/h9-11H,2-8H2,1H3/t9-,10+. The lowest BCUT2D eigenvalue weighted by molar-refractivity contribution is 0.119. The van der Waals surface area contributed by atoms with Crippen LogP contribution in [0.2, 0.25) is 0 Å². The number of nitrogens with zero attached hydrogens (tertiary/aromatic N) is 1. The summed E-state index contributed by atoms with van der Waals surface area (Å²) in [6, 6.07) is 0. The number of ether oxygens (including phenoxy) is 1. The van der Waals surface area contributed by atoms with Gasteiger partial charge in [-0.1, -0.05) is 0 Å². The van der Waals surface area contributed by atoms with Gasteiger partial charge in [-0.25, -0.2) is 0 Å². The summed E-state index contributed by atoms with van der Waals surface area (Å²) < 4.78 is 5.36. The zero-order valence-corrected chi connectivity index (χ0v) is 8.46. The molecule has 0 saturated carbocycles. The second kappa shape index (κ2) is 4.40. The lowest BCUT2D eigenvalue weighted by Gasteiger charge is -2.16. The lowest BCUT2D eigenvalue weighted by atomic mass is 10.0. The van der Waals surface area contributed by atoms with Gasteiger partial charge in [-0.15, -0.1) is 0 Å². The van der Waals surface area contributed by atoms with Crippen molar-refractivity contribution < 1.29 is 4.74 Å². The van der Waals surface area contributed by atoms with Crippen LogP contribution in [0.1, 0.15) is 6.92 Å². The van der Waals surface area contributed by atoms with Crippen molar-refractivity contribution >= 4 is 0 Å². The van der Waals surface area contributed by atoms with Crippen LogP contribution in [0, 0.1) is 11.8 Å². The second-order valence-corrected chi connectivity index (χ2v) is 4.13. The van der Waals surface area contributed by atoms with Crippen LogP contribution in [-0.4, -0.2) is 50.8 Å². The fourth-order valence-electron chi connectivity index (χ4n) is 2.47. The van der Waals surface area contributed by atoms with Crippen LogP contribution >= 0.6 is 0 Å². The molecule has 76 valence electrons. The van der Waals surface area contributed by atoms with Gasteiger partial charge in [0.15, 0.2) is 0 Å². The highest BCUT2D eigenvalue weighted by molar-refractivity contribution is 4.90. The molecule has 2 atom stereocenters. The summed E-state index contributed by atoms with van der Waals surface area (Å²) in [7, 11) is 0. The third-order valence-electron chi connectivity index (χ3n) is 3.22. The minimum Gasteiger partial charge on any atom is -0.380 e. The molecule has 0 aromatic carbocycles. The summed E-state index contributed by atoms with van der Waals surface area (Å²) in [5, 5.41) is 3.45. The highest BCUT2D eigenvalue weighted by Crippen LogP contribution is 2.25. The summed E-state index contributed by atoms with van der Waals surface area (Å²) in [5.74, 6) is 1.84. The van der Waals surface area contributed by atoms with E-state index in [1.807, 2.05) is 0 Å². The molecule has 2 rings (SSSR count). The molecule has 0 aromatic heterocycles. The molecule has 0 unspecified atom stereocenters. The number of likely N-dealkylation sites (tertiary alicyclic amines) is 1. The van der Waals surface area contributed by atoms with Gasteiger partial charge < -0.3 is 15.0 Å². The van der Waals surface area contributed by atoms with E-state index in [0.29, 0.717) is 0 Å². The molecule has 0 aromatic rings. The molecule has 2 saturated heterocycles. The Hall–Kier alpha value is -0.120. The monoisotopic (exact) mass is 184 g/mol. The van der Waals surface area contributed by atoms with Gasteiger partial charge in [0.05, 0.1) is 6.61 Å². The van der Waals surface area contributed by atoms with E-state index in [0.717, 1.165) is 31.6 Å². The first-order valence-corrected chi connectivity index (χ1v) is 5.41. The maximum atomic E-state index is 5.36. The van der Waals surface area contributed by atoms with Gasteiger partial charge in [0.25, 0.3) is 0 Å². The van der Waals surface area contributed by atoms with Crippen LogP contribution in [0.25, 0.3) is 0 Å². The molecule has 2 heterocycles. The Morgan fingerprint density at radius 3 is 2.62 bits per heavy atom. The van der Waals surface area contributed by atoms with Gasteiger partial charge in [-0.2, -0.15) is 0 Å². The normalized spacial score (nSPS) is 33.9. The lowest BCUT2D eigenvalue weighted by Crippen LogP contribution is -2.28. The van der Waals surface area contributed by atoms with Crippen molar-refractivity contribution in [3.63, 3.8) is 0 Å². The molecule has 0 spiro atoms. The fraction of sp³-hybridized carbons (Fsp3) is 1.00. The van der Waals surface area contributed by atoms with E-state index in [1.165, 1.54) is 26.2 Å². The van der Waals surface area contributed by atoms with Crippen LogP contribution in [0.5, 0.6) is 0 Å². The minimum absolute atomic E-state index is 0.849. The molecule has 0 bridgehead atoms. The second-order valence-electron chi connectivity index (χ2n) is 4.13. The van der Waals surface area contributed by atoms with E-state index < -0.39 is 0 Å².